The average molecular weight is 367 g/mol. The van der Waals surface area contributed by atoms with Gasteiger partial charge in [0.15, 0.2) is 0 Å². The second-order valence-electron chi connectivity index (χ2n) is 3.90. The molecule has 112 valence electrons. The minimum atomic E-state index is -3.91. The highest BCUT2D eigenvalue weighted by atomic mass is 79.9. The van der Waals surface area contributed by atoms with E-state index in [9.17, 15) is 13.2 Å². The van der Waals surface area contributed by atoms with Crippen molar-refractivity contribution in [3.63, 3.8) is 0 Å². The molecule has 0 radical (unpaired) electrons. The summed E-state index contributed by atoms with van der Waals surface area (Å²) in [5.74, 6) is -0.664. The van der Waals surface area contributed by atoms with Crippen molar-refractivity contribution in [3.05, 3.63) is 29.0 Å². The van der Waals surface area contributed by atoms with Gasteiger partial charge in [-0.25, -0.2) is 17.9 Å². The predicted molar refractivity (Wildman–Crippen MR) is 75.8 cm³/mol. The number of sulfonamides is 1. The number of carbonyl (C=O) groups is 1. The molecule has 1 heterocycles. The lowest BCUT2D eigenvalue weighted by molar-refractivity contribution is 0.0588. The Kier molecular flexibility index (Phi) is 5.51. The van der Waals surface area contributed by atoms with Crippen LogP contribution in [0.3, 0.4) is 0 Å². The number of nitrogens with one attached hydrogen (secondary N) is 1. The summed E-state index contributed by atoms with van der Waals surface area (Å²) in [6.45, 7) is 3.00. The summed E-state index contributed by atoms with van der Waals surface area (Å²) in [7, 11) is -1.19. The molecule has 0 saturated carbocycles. The maximum atomic E-state index is 12.2. The van der Waals surface area contributed by atoms with Crippen LogP contribution in [0.1, 0.15) is 10.5 Å². The molecule has 1 aromatic heterocycles. The van der Waals surface area contributed by atoms with Gasteiger partial charge in [0.25, 0.3) is 0 Å². The number of rotatable bonds is 6. The number of hydrogen-bond acceptors (Lipinski definition) is 5. The number of nitrogens with zero attached hydrogens (tertiary/aromatic N) is 1. The number of aliphatic hydroxyl groups excluding tert-OH is 1. The Balaban J connectivity index is 3.27. The van der Waals surface area contributed by atoms with E-state index in [1.54, 1.807) is 0 Å². The van der Waals surface area contributed by atoms with Crippen LogP contribution in [0.15, 0.2) is 28.2 Å². The Hall–Kier alpha value is -1.16. The monoisotopic (exact) mass is 366 g/mol. The highest BCUT2D eigenvalue weighted by molar-refractivity contribution is 9.10. The normalized spacial score (nSPS) is 13.0. The van der Waals surface area contributed by atoms with Gasteiger partial charge in [-0.05, 0) is 15.9 Å². The molecule has 0 fully saturated rings. The van der Waals surface area contributed by atoms with E-state index in [0.717, 1.165) is 0 Å². The zero-order valence-corrected chi connectivity index (χ0v) is 13.4. The second-order valence-corrected chi connectivity index (χ2v) is 6.38. The van der Waals surface area contributed by atoms with Gasteiger partial charge in [-0.1, -0.05) is 6.08 Å². The van der Waals surface area contributed by atoms with Gasteiger partial charge in [-0.15, -0.1) is 6.58 Å². The molecule has 0 spiro atoms. The SMILES string of the molecule is C=CC(CO)NS(=O)(=O)c1cn(C)c(C(=O)OC)c1Br. The standard InChI is InChI=1S/C11H15BrN2O5S/c1-4-7(6-15)13-20(17,18)8-5-14(2)10(9(8)12)11(16)19-3/h4-5,7,13,15H,1,6H2,2-3H3. The van der Waals surface area contributed by atoms with Crippen LogP contribution in [0.25, 0.3) is 0 Å². The zero-order chi connectivity index (χ0) is 15.5. The van der Waals surface area contributed by atoms with Crippen molar-refractivity contribution in [2.24, 2.45) is 7.05 Å². The van der Waals surface area contributed by atoms with Crippen molar-refractivity contribution < 1.29 is 23.1 Å². The first-order valence-electron chi connectivity index (χ1n) is 5.47. The number of aryl methyl sites for hydroxylation is 1. The molecule has 0 aromatic carbocycles. The van der Waals surface area contributed by atoms with Gasteiger partial charge in [0.1, 0.15) is 10.6 Å². The molecule has 0 aliphatic rings. The third-order valence-corrected chi connectivity index (χ3v) is 5.11. The maximum absolute atomic E-state index is 12.2. The highest BCUT2D eigenvalue weighted by Crippen LogP contribution is 2.28. The molecule has 1 aromatic rings. The molecule has 0 amide bonds. The molecular formula is C11H15BrN2O5S. The van der Waals surface area contributed by atoms with E-state index in [4.69, 9.17) is 5.11 Å². The minimum Gasteiger partial charge on any atom is -0.464 e. The van der Waals surface area contributed by atoms with E-state index < -0.39 is 28.6 Å². The molecule has 0 aliphatic heterocycles. The summed E-state index contributed by atoms with van der Waals surface area (Å²) in [5.41, 5.74) is 0.0760. The molecule has 9 heteroatoms. The van der Waals surface area contributed by atoms with Crippen molar-refractivity contribution in [2.45, 2.75) is 10.9 Å². The van der Waals surface area contributed by atoms with Gasteiger partial charge in [0.2, 0.25) is 10.0 Å². The Bertz CT molecular complexity index is 623. The number of carbonyl (C=O) groups excluding carboxylic acids is 1. The number of methoxy groups -OCH3 is 1. The summed E-state index contributed by atoms with van der Waals surface area (Å²) < 4.78 is 32.7. The van der Waals surface area contributed by atoms with Crippen molar-refractivity contribution in [3.8, 4) is 0 Å². The van der Waals surface area contributed by atoms with Crippen LogP contribution in [-0.2, 0) is 21.8 Å². The molecule has 2 N–H and O–H groups in total. The summed E-state index contributed by atoms with van der Waals surface area (Å²) in [6.07, 6.45) is 2.55. The Labute approximate surface area is 125 Å². The average Bonchev–Trinajstić information content (AvgIpc) is 2.71. The van der Waals surface area contributed by atoms with Gasteiger partial charge in [0.05, 0.1) is 24.2 Å². The molecule has 20 heavy (non-hydrogen) atoms. The van der Waals surface area contributed by atoms with Gasteiger partial charge in [-0.3, -0.25) is 0 Å². The summed E-state index contributed by atoms with van der Waals surface area (Å²) in [6, 6.07) is -0.811. The quantitative estimate of drug-likeness (QED) is 0.560. The zero-order valence-electron chi connectivity index (χ0n) is 11.0. The lowest BCUT2D eigenvalue weighted by Gasteiger charge is -2.11. The fraction of sp³-hybridized carbons (Fsp3) is 0.364. The Morgan fingerprint density at radius 3 is 2.75 bits per heavy atom. The number of halogens is 1. The van der Waals surface area contributed by atoms with E-state index in [1.807, 2.05) is 0 Å². The van der Waals surface area contributed by atoms with Crippen LogP contribution in [0, 0.1) is 0 Å². The van der Waals surface area contributed by atoms with Gasteiger partial charge in [0, 0.05) is 13.2 Å². The van der Waals surface area contributed by atoms with Crippen LogP contribution in [-0.4, -0.2) is 43.8 Å². The smallest absolute Gasteiger partial charge is 0.355 e. The summed E-state index contributed by atoms with van der Waals surface area (Å²) >= 11 is 3.08. The molecule has 1 unspecified atom stereocenters. The van der Waals surface area contributed by atoms with Crippen molar-refractivity contribution in [2.75, 3.05) is 13.7 Å². The van der Waals surface area contributed by atoms with E-state index in [2.05, 4.69) is 32.0 Å². The number of aliphatic hydroxyl groups is 1. The third kappa shape index (κ3) is 3.29. The second kappa shape index (κ2) is 6.53. The predicted octanol–water partition coefficient (Wildman–Crippen LogP) is 0.399. The number of esters is 1. The molecular weight excluding hydrogens is 352 g/mol. The number of aromatic nitrogens is 1. The van der Waals surface area contributed by atoms with E-state index >= 15 is 0 Å². The Morgan fingerprint density at radius 1 is 1.70 bits per heavy atom. The summed E-state index contributed by atoms with van der Waals surface area (Å²) in [5, 5.41) is 9.00. The van der Waals surface area contributed by atoms with Crippen LogP contribution >= 0.6 is 15.9 Å². The topological polar surface area (TPSA) is 97.6 Å². The molecule has 1 atom stereocenters. The lowest BCUT2D eigenvalue weighted by atomic mass is 10.3. The minimum absolute atomic E-state index is 0.0760. The summed E-state index contributed by atoms with van der Waals surface area (Å²) in [4.78, 5) is 11.5. The van der Waals surface area contributed by atoms with Crippen LogP contribution < -0.4 is 4.72 Å². The molecule has 7 nitrogen and oxygen atoms in total. The van der Waals surface area contributed by atoms with Gasteiger partial charge >= 0.3 is 5.97 Å². The fourth-order valence-corrected chi connectivity index (χ4v) is 4.02. The molecule has 0 bridgehead atoms. The molecule has 1 rings (SSSR count). The first-order valence-corrected chi connectivity index (χ1v) is 7.75. The van der Waals surface area contributed by atoms with Crippen molar-refractivity contribution in [1.29, 1.82) is 0 Å². The third-order valence-electron chi connectivity index (χ3n) is 2.54. The lowest BCUT2D eigenvalue weighted by Crippen LogP contribution is -2.35. The van der Waals surface area contributed by atoms with E-state index in [-0.39, 0.29) is 15.1 Å². The molecule has 0 aliphatic carbocycles. The van der Waals surface area contributed by atoms with Crippen molar-refractivity contribution in [1.82, 2.24) is 9.29 Å². The maximum Gasteiger partial charge on any atom is 0.355 e. The van der Waals surface area contributed by atoms with Crippen LogP contribution in [0.4, 0.5) is 0 Å². The Morgan fingerprint density at radius 2 is 2.30 bits per heavy atom. The van der Waals surface area contributed by atoms with Crippen LogP contribution in [0.5, 0.6) is 0 Å². The van der Waals surface area contributed by atoms with Crippen molar-refractivity contribution >= 4 is 31.9 Å². The highest BCUT2D eigenvalue weighted by Gasteiger charge is 2.28. The first-order chi connectivity index (χ1) is 9.28. The van der Waals surface area contributed by atoms with Crippen LogP contribution in [0.2, 0.25) is 0 Å². The fourth-order valence-electron chi connectivity index (χ4n) is 1.51. The van der Waals surface area contributed by atoms with Gasteiger partial charge < -0.3 is 14.4 Å². The molecule has 0 saturated heterocycles. The number of hydrogen-bond donors (Lipinski definition) is 2. The van der Waals surface area contributed by atoms with E-state index in [0.29, 0.717) is 0 Å². The largest absolute Gasteiger partial charge is 0.464 e. The first kappa shape index (κ1) is 16.9. The van der Waals surface area contributed by atoms with E-state index in [1.165, 1.54) is 31.0 Å². The number of ether oxygens (including phenoxy) is 1. The van der Waals surface area contributed by atoms with Gasteiger partial charge in [-0.2, -0.15) is 0 Å².